The molecule has 1 saturated heterocycles. The van der Waals surface area contributed by atoms with Gasteiger partial charge in [0.15, 0.2) is 0 Å². The van der Waals surface area contributed by atoms with Crippen molar-refractivity contribution < 1.29 is 4.79 Å². The zero-order chi connectivity index (χ0) is 14.2. The Bertz CT molecular complexity index is 645. The summed E-state index contributed by atoms with van der Waals surface area (Å²) < 4.78 is 0. The van der Waals surface area contributed by atoms with Gasteiger partial charge in [-0.05, 0) is 18.2 Å². The third-order valence-electron chi connectivity index (χ3n) is 3.12. The standard InChI is InChI=1S/C14H10Cl2N2OS/c15-10-4-1-5-11(16)13(10)14(18-12(19)8-20-14)9-3-2-6-17-7-9/h1-7H,8H2,(H,18,19). The van der Waals surface area contributed by atoms with E-state index in [2.05, 4.69) is 10.3 Å². The molecular formula is C14H10Cl2N2OS. The summed E-state index contributed by atoms with van der Waals surface area (Å²) in [5.74, 6) is 0.311. The van der Waals surface area contributed by atoms with Crippen LogP contribution >= 0.6 is 35.0 Å². The zero-order valence-corrected chi connectivity index (χ0v) is 12.6. The fourth-order valence-electron chi connectivity index (χ4n) is 2.28. The maximum Gasteiger partial charge on any atom is 0.231 e. The minimum Gasteiger partial charge on any atom is -0.333 e. The second-order valence-electron chi connectivity index (χ2n) is 4.36. The van der Waals surface area contributed by atoms with Crippen molar-refractivity contribution in [2.45, 2.75) is 4.87 Å². The molecule has 6 heteroatoms. The van der Waals surface area contributed by atoms with Crippen molar-refractivity contribution in [2.75, 3.05) is 5.75 Å². The van der Waals surface area contributed by atoms with Gasteiger partial charge in [0.05, 0.1) is 5.75 Å². The van der Waals surface area contributed by atoms with Crippen LogP contribution in [0.5, 0.6) is 0 Å². The molecule has 1 amide bonds. The van der Waals surface area contributed by atoms with Crippen LogP contribution in [0.3, 0.4) is 0 Å². The lowest BCUT2D eigenvalue weighted by Gasteiger charge is -2.30. The third kappa shape index (κ3) is 2.18. The van der Waals surface area contributed by atoms with Gasteiger partial charge in [0, 0.05) is 33.6 Å². The highest BCUT2D eigenvalue weighted by Crippen LogP contribution is 2.48. The van der Waals surface area contributed by atoms with E-state index >= 15 is 0 Å². The summed E-state index contributed by atoms with van der Waals surface area (Å²) in [5, 5.41) is 4.05. The van der Waals surface area contributed by atoms with Crippen molar-refractivity contribution in [3.63, 3.8) is 0 Å². The Hall–Kier alpha value is -1.23. The summed E-state index contributed by atoms with van der Waals surface area (Å²) in [5.41, 5.74) is 1.55. The van der Waals surface area contributed by atoms with Crippen molar-refractivity contribution >= 4 is 40.9 Å². The second-order valence-corrected chi connectivity index (χ2v) is 6.36. The van der Waals surface area contributed by atoms with E-state index in [0.717, 1.165) is 5.56 Å². The SMILES string of the molecule is O=C1CSC(c2cccnc2)(c2c(Cl)cccc2Cl)N1. The molecule has 1 N–H and O–H groups in total. The van der Waals surface area contributed by atoms with Crippen molar-refractivity contribution in [3.8, 4) is 0 Å². The van der Waals surface area contributed by atoms with Gasteiger partial charge in [0.2, 0.25) is 5.91 Å². The molecular weight excluding hydrogens is 315 g/mol. The summed E-state index contributed by atoms with van der Waals surface area (Å²) >= 11 is 14.1. The number of carbonyl (C=O) groups excluding carboxylic acids is 1. The molecule has 102 valence electrons. The molecule has 1 fully saturated rings. The van der Waals surface area contributed by atoms with Gasteiger partial charge >= 0.3 is 0 Å². The van der Waals surface area contributed by atoms with E-state index in [1.165, 1.54) is 11.8 Å². The van der Waals surface area contributed by atoms with Gasteiger partial charge in [0.1, 0.15) is 4.87 Å². The van der Waals surface area contributed by atoms with E-state index in [1.807, 2.05) is 12.1 Å². The van der Waals surface area contributed by atoms with E-state index in [-0.39, 0.29) is 5.91 Å². The van der Waals surface area contributed by atoms with Crippen LogP contribution in [0.2, 0.25) is 10.0 Å². The molecule has 1 unspecified atom stereocenters. The average Bonchev–Trinajstić information content (AvgIpc) is 2.83. The second kappa shape index (κ2) is 5.28. The summed E-state index contributed by atoms with van der Waals surface area (Å²) in [6.07, 6.45) is 3.41. The number of pyridine rings is 1. The lowest BCUT2D eigenvalue weighted by molar-refractivity contribution is -0.118. The number of aromatic nitrogens is 1. The lowest BCUT2D eigenvalue weighted by Crippen LogP contribution is -2.38. The van der Waals surface area contributed by atoms with Gasteiger partial charge < -0.3 is 5.32 Å². The predicted octanol–water partition coefficient (Wildman–Crippen LogP) is 3.45. The molecule has 1 aromatic carbocycles. The molecule has 0 spiro atoms. The molecule has 1 atom stereocenters. The first-order valence-corrected chi connectivity index (χ1v) is 7.67. The van der Waals surface area contributed by atoms with E-state index < -0.39 is 4.87 Å². The smallest absolute Gasteiger partial charge is 0.231 e. The largest absolute Gasteiger partial charge is 0.333 e. The molecule has 3 rings (SSSR count). The molecule has 1 aromatic heterocycles. The number of nitrogens with one attached hydrogen (secondary N) is 1. The topological polar surface area (TPSA) is 42.0 Å². The molecule has 2 aromatic rings. The monoisotopic (exact) mass is 324 g/mol. The molecule has 0 saturated carbocycles. The van der Waals surface area contributed by atoms with Crippen LogP contribution in [0.15, 0.2) is 42.7 Å². The van der Waals surface area contributed by atoms with E-state index in [9.17, 15) is 4.79 Å². The van der Waals surface area contributed by atoms with Crippen LogP contribution in [-0.4, -0.2) is 16.6 Å². The Labute approximate surface area is 130 Å². The third-order valence-corrected chi connectivity index (χ3v) is 5.13. The van der Waals surface area contributed by atoms with Crippen LogP contribution in [0.1, 0.15) is 11.1 Å². The molecule has 1 aliphatic heterocycles. The first-order valence-electron chi connectivity index (χ1n) is 5.93. The van der Waals surface area contributed by atoms with Crippen LogP contribution in [0.4, 0.5) is 0 Å². The number of carbonyl (C=O) groups is 1. The first-order chi connectivity index (χ1) is 9.63. The Morgan fingerprint density at radius 1 is 1.20 bits per heavy atom. The van der Waals surface area contributed by atoms with Crippen molar-refractivity contribution in [2.24, 2.45) is 0 Å². The number of nitrogens with zero attached hydrogens (tertiary/aromatic N) is 1. The van der Waals surface area contributed by atoms with Gasteiger partial charge in [-0.3, -0.25) is 9.78 Å². The van der Waals surface area contributed by atoms with Gasteiger partial charge in [-0.25, -0.2) is 0 Å². The van der Waals surface area contributed by atoms with Crippen LogP contribution in [0.25, 0.3) is 0 Å². The highest BCUT2D eigenvalue weighted by Gasteiger charge is 2.44. The minimum absolute atomic E-state index is 0.0464. The maximum atomic E-state index is 11.8. The highest BCUT2D eigenvalue weighted by molar-refractivity contribution is 8.01. The fourth-order valence-corrected chi connectivity index (χ4v) is 4.33. The average molecular weight is 325 g/mol. The van der Waals surface area contributed by atoms with Crippen LogP contribution in [-0.2, 0) is 9.67 Å². The Morgan fingerprint density at radius 3 is 2.50 bits per heavy atom. The van der Waals surface area contributed by atoms with E-state index in [0.29, 0.717) is 21.4 Å². The summed E-state index contributed by atoms with van der Waals surface area (Å²) in [7, 11) is 0. The number of hydrogen-bond acceptors (Lipinski definition) is 3. The Balaban J connectivity index is 2.25. The molecule has 20 heavy (non-hydrogen) atoms. The van der Waals surface area contributed by atoms with Gasteiger partial charge in [-0.15, -0.1) is 11.8 Å². The summed E-state index contributed by atoms with van der Waals surface area (Å²) in [6.45, 7) is 0. The summed E-state index contributed by atoms with van der Waals surface area (Å²) in [4.78, 5) is 15.1. The van der Waals surface area contributed by atoms with E-state index in [4.69, 9.17) is 23.2 Å². The quantitative estimate of drug-likeness (QED) is 0.919. The maximum absolute atomic E-state index is 11.8. The highest BCUT2D eigenvalue weighted by atomic mass is 35.5. The number of thioether (sulfide) groups is 1. The first kappa shape index (κ1) is 13.7. The van der Waals surface area contributed by atoms with Gasteiger partial charge in [0.25, 0.3) is 0 Å². The number of amides is 1. The Morgan fingerprint density at radius 2 is 1.95 bits per heavy atom. The molecule has 0 aliphatic carbocycles. The number of hydrogen-bond donors (Lipinski definition) is 1. The Kier molecular flexibility index (Phi) is 3.63. The number of benzene rings is 1. The van der Waals surface area contributed by atoms with Crippen molar-refractivity contribution in [1.82, 2.24) is 10.3 Å². The normalized spacial score (nSPS) is 21.8. The lowest BCUT2D eigenvalue weighted by atomic mass is 9.99. The van der Waals surface area contributed by atoms with Gasteiger partial charge in [-0.2, -0.15) is 0 Å². The van der Waals surface area contributed by atoms with Gasteiger partial charge in [-0.1, -0.05) is 35.3 Å². The van der Waals surface area contributed by atoms with E-state index in [1.54, 1.807) is 30.6 Å². The minimum atomic E-state index is -0.777. The summed E-state index contributed by atoms with van der Waals surface area (Å²) in [6, 6.07) is 9.06. The molecule has 0 radical (unpaired) electrons. The van der Waals surface area contributed by atoms with Crippen molar-refractivity contribution in [1.29, 1.82) is 0 Å². The molecule has 3 nitrogen and oxygen atoms in total. The fraction of sp³-hybridized carbons (Fsp3) is 0.143. The van der Waals surface area contributed by atoms with Crippen LogP contribution in [0, 0.1) is 0 Å². The zero-order valence-electron chi connectivity index (χ0n) is 10.3. The predicted molar refractivity (Wildman–Crippen MR) is 82.1 cm³/mol. The number of halogens is 2. The van der Waals surface area contributed by atoms with Crippen LogP contribution < -0.4 is 5.32 Å². The molecule has 2 heterocycles. The number of rotatable bonds is 2. The molecule has 0 bridgehead atoms. The molecule has 1 aliphatic rings. The van der Waals surface area contributed by atoms with Crippen molar-refractivity contribution in [3.05, 3.63) is 63.9 Å².